The van der Waals surface area contributed by atoms with Crippen molar-refractivity contribution in [2.24, 2.45) is 0 Å². The molecule has 4 heteroatoms. The van der Waals surface area contributed by atoms with Gasteiger partial charge in [-0.15, -0.1) is 0 Å². The number of pyridine rings is 1. The van der Waals surface area contributed by atoms with E-state index in [1.807, 2.05) is 18.3 Å². The zero-order valence-electron chi connectivity index (χ0n) is 10.5. The van der Waals surface area contributed by atoms with Gasteiger partial charge in [0, 0.05) is 31.0 Å². The van der Waals surface area contributed by atoms with Crippen molar-refractivity contribution >= 4 is 0 Å². The number of methoxy groups -OCH3 is 1. The number of aromatic nitrogens is 1. The zero-order valence-corrected chi connectivity index (χ0v) is 10.5. The normalized spacial score (nSPS) is 24.6. The van der Waals surface area contributed by atoms with Gasteiger partial charge in [-0.2, -0.15) is 0 Å². The predicted octanol–water partition coefficient (Wildman–Crippen LogP) is 1.75. The Labute approximate surface area is 102 Å². The van der Waals surface area contributed by atoms with Crippen molar-refractivity contribution < 1.29 is 9.47 Å². The average Bonchev–Trinajstić information content (AvgIpc) is 2.38. The molecule has 1 aromatic rings. The third-order valence-electron chi connectivity index (χ3n) is 3.16. The summed E-state index contributed by atoms with van der Waals surface area (Å²) in [5.41, 5.74) is 1.26. The summed E-state index contributed by atoms with van der Waals surface area (Å²) in [5, 5.41) is 3.55. The van der Waals surface area contributed by atoms with E-state index < -0.39 is 0 Å². The van der Waals surface area contributed by atoms with Gasteiger partial charge >= 0.3 is 0 Å². The highest BCUT2D eigenvalue weighted by molar-refractivity contribution is 5.17. The predicted molar refractivity (Wildman–Crippen MR) is 66.1 cm³/mol. The first kappa shape index (κ1) is 12.3. The van der Waals surface area contributed by atoms with Crippen LogP contribution >= 0.6 is 0 Å². The molecule has 0 bridgehead atoms. The van der Waals surface area contributed by atoms with Crippen molar-refractivity contribution in [1.82, 2.24) is 10.3 Å². The first-order chi connectivity index (χ1) is 8.22. The fourth-order valence-corrected chi connectivity index (χ4v) is 2.03. The van der Waals surface area contributed by atoms with Crippen LogP contribution in [0.15, 0.2) is 18.3 Å². The summed E-state index contributed by atoms with van der Waals surface area (Å²) >= 11 is 0. The molecule has 1 aromatic heterocycles. The molecule has 2 rings (SSSR count). The summed E-state index contributed by atoms with van der Waals surface area (Å²) in [4.78, 5) is 4.19. The first-order valence-electron chi connectivity index (χ1n) is 6.04. The minimum atomic E-state index is 0.0954. The molecule has 1 aliphatic rings. The van der Waals surface area contributed by atoms with Crippen LogP contribution in [0.4, 0.5) is 0 Å². The Morgan fingerprint density at radius 1 is 1.53 bits per heavy atom. The molecule has 17 heavy (non-hydrogen) atoms. The summed E-state index contributed by atoms with van der Waals surface area (Å²) in [5.74, 6) is 0.654. The van der Waals surface area contributed by atoms with E-state index >= 15 is 0 Å². The molecule has 4 nitrogen and oxygen atoms in total. The van der Waals surface area contributed by atoms with Gasteiger partial charge in [-0.05, 0) is 25.3 Å². The van der Waals surface area contributed by atoms with Crippen LogP contribution in [0.2, 0.25) is 0 Å². The van der Waals surface area contributed by atoms with Gasteiger partial charge < -0.3 is 14.8 Å². The van der Waals surface area contributed by atoms with Crippen molar-refractivity contribution in [3.05, 3.63) is 23.9 Å². The summed E-state index contributed by atoms with van der Waals surface area (Å²) in [6.45, 7) is 4.71. The van der Waals surface area contributed by atoms with Crippen molar-refractivity contribution in [1.29, 1.82) is 0 Å². The SMILES string of the molecule is COc1ccc(CNC2(C)CCCOC2)cn1. The summed E-state index contributed by atoms with van der Waals surface area (Å²) in [6.07, 6.45) is 4.14. The number of rotatable bonds is 4. The molecule has 94 valence electrons. The second-order valence-electron chi connectivity index (χ2n) is 4.78. The Morgan fingerprint density at radius 2 is 2.41 bits per heavy atom. The molecule has 1 saturated heterocycles. The highest BCUT2D eigenvalue weighted by Crippen LogP contribution is 2.19. The van der Waals surface area contributed by atoms with E-state index in [1.54, 1.807) is 7.11 Å². The maximum atomic E-state index is 5.51. The lowest BCUT2D eigenvalue weighted by atomic mass is 9.95. The Hall–Kier alpha value is -1.13. The van der Waals surface area contributed by atoms with Gasteiger partial charge in [0.2, 0.25) is 5.88 Å². The molecule has 1 atom stereocenters. The van der Waals surface area contributed by atoms with E-state index in [2.05, 4.69) is 17.2 Å². The Morgan fingerprint density at radius 3 is 3.00 bits per heavy atom. The van der Waals surface area contributed by atoms with Crippen LogP contribution in [0.1, 0.15) is 25.3 Å². The zero-order chi connectivity index (χ0) is 12.1. The van der Waals surface area contributed by atoms with Crippen LogP contribution in [0.3, 0.4) is 0 Å². The highest BCUT2D eigenvalue weighted by Gasteiger charge is 2.26. The number of hydrogen-bond donors (Lipinski definition) is 1. The lowest BCUT2D eigenvalue weighted by molar-refractivity contribution is 0.0277. The molecule has 0 amide bonds. The van der Waals surface area contributed by atoms with Gasteiger partial charge in [0.25, 0.3) is 0 Å². The molecule has 1 fully saturated rings. The topological polar surface area (TPSA) is 43.4 Å². The maximum absolute atomic E-state index is 5.51. The van der Waals surface area contributed by atoms with Crippen LogP contribution in [0, 0.1) is 0 Å². The molecule has 2 heterocycles. The van der Waals surface area contributed by atoms with E-state index in [9.17, 15) is 0 Å². The Kier molecular flexibility index (Phi) is 3.97. The first-order valence-corrected chi connectivity index (χ1v) is 6.04. The number of nitrogens with zero attached hydrogens (tertiary/aromatic N) is 1. The van der Waals surface area contributed by atoms with Gasteiger partial charge in [0.15, 0.2) is 0 Å². The molecule has 1 aliphatic heterocycles. The molecule has 0 aliphatic carbocycles. The smallest absolute Gasteiger partial charge is 0.212 e. The summed E-state index contributed by atoms with van der Waals surface area (Å²) < 4.78 is 10.5. The third-order valence-corrected chi connectivity index (χ3v) is 3.16. The second-order valence-corrected chi connectivity index (χ2v) is 4.78. The quantitative estimate of drug-likeness (QED) is 0.865. The maximum Gasteiger partial charge on any atom is 0.212 e. The third kappa shape index (κ3) is 3.41. The van der Waals surface area contributed by atoms with Crippen LogP contribution in [-0.2, 0) is 11.3 Å². The van der Waals surface area contributed by atoms with Crippen LogP contribution in [0.5, 0.6) is 5.88 Å². The van der Waals surface area contributed by atoms with Gasteiger partial charge in [-0.25, -0.2) is 4.98 Å². The molecule has 0 saturated carbocycles. The Balaban J connectivity index is 1.87. The van der Waals surface area contributed by atoms with Crippen LogP contribution in [-0.4, -0.2) is 30.8 Å². The van der Waals surface area contributed by atoms with E-state index in [0.29, 0.717) is 5.88 Å². The minimum Gasteiger partial charge on any atom is -0.481 e. The molecule has 0 radical (unpaired) electrons. The average molecular weight is 236 g/mol. The summed E-state index contributed by atoms with van der Waals surface area (Å²) in [7, 11) is 1.63. The van der Waals surface area contributed by atoms with Gasteiger partial charge in [0.1, 0.15) is 0 Å². The van der Waals surface area contributed by atoms with E-state index in [0.717, 1.165) is 38.2 Å². The fourth-order valence-electron chi connectivity index (χ4n) is 2.03. The van der Waals surface area contributed by atoms with Gasteiger partial charge in [-0.3, -0.25) is 0 Å². The van der Waals surface area contributed by atoms with Crippen LogP contribution < -0.4 is 10.1 Å². The van der Waals surface area contributed by atoms with Crippen molar-refractivity contribution in [3.63, 3.8) is 0 Å². The monoisotopic (exact) mass is 236 g/mol. The van der Waals surface area contributed by atoms with Gasteiger partial charge in [0.05, 0.1) is 13.7 Å². The van der Waals surface area contributed by atoms with E-state index in [1.165, 1.54) is 0 Å². The fraction of sp³-hybridized carbons (Fsp3) is 0.615. The van der Waals surface area contributed by atoms with E-state index in [-0.39, 0.29) is 5.54 Å². The molecular weight excluding hydrogens is 216 g/mol. The molecule has 1 unspecified atom stereocenters. The van der Waals surface area contributed by atoms with E-state index in [4.69, 9.17) is 9.47 Å². The highest BCUT2D eigenvalue weighted by atomic mass is 16.5. The lowest BCUT2D eigenvalue weighted by Crippen LogP contribution is -2.48. The lowest BCUT2D eigenvalue weighted by Gasteiger charge is -2.34. The Bertz CT molecular complexity index is 345. The largest absolute Gasteiger partial charge is 0.481 e. The van der Waals surface area contributed by atoms with Gasteiger partial charge in [-0.1, -0.05) is 6.07 Å². The van der Waals surface area contributed by atoms with Crippen LogP contribution in [0.25, 0.3) is 0 Å². The molecule has 0 spiro atoms. The van der Waals surface area contributed by atoms with Crippen molar-refractivity contribution in [3.8, 4) is 5.88 Å². The molecule has 1 N–H and O–H groups in total. The number of nitrogens with one attached hydrogen (secondary N) is 1. The van der Waals surface area contributed by atoms with Crippen molar-refractivity contribution in [2.45, 2.75) is 31.8 Å². The minimum absolute atomic E-state index is 0.0954. The standard InChI is InChI=1S/C13H20N2O2/c1-13(6-3-7-17-10-13)15-9-11-4-5-12(16-2)14-8-11/h4-5,8,15H,3,6-7,9-10H2,1-2H3. The van der Waals surface area contributed by atoms with Crippen molar-refractivity contribution in [2.75, 3.05) is 20.3 Å². The number of ether oxygens (including phenoxy) is 2. The molecular formula is C13H20N2O2. The second kappa shape index (κ2) is 5.47. The number of hydrogen-bond acceptors (Lipinski definition) is 4. The summed E-state index contributed by atoms with van der Waals surface area (Å²) in [6, 6.07) is 3.92. The molecule has 0 aromatic carbocycles.